The average Bonchev–Trinajstić information content (AvgIpc) is 3.08. The summed E-state index contributed by atoms with van der Waals surface area (Å²) < 4.78 is 0. The van der Waals surface area contributed by atoms with E-state index in [2.05, 4.69) is 6.92 Å². The van der Waals surface area contributed by atoms with Gasteiger partial charge in [0.25, 0.3) is 0 Å². The van der Waals surface area contributed by atoms with Crippen molar-refractivity contribution >= 4 is 11.6 Å². The summed E-state index contributed by atoms with van der Waals surface area (Å²) in [6.45, 7) is 2.08. The summed E-state index contributed by atoms with van der Waals surface area (Å²) in [5.74, 6) is 2.63. The number of hydrogen-bond acceptors (Lipinski definition) is 2. The van der Waals surface area contributed by atoms with Gasteiger partial charge in [0.2, 0.25) is 5.91 Å². The highest BCUT2D eigenvalue weighted by Crippen LogP contribution is 2.49. The van der Waals surface area contributed by atoms with Gasteiger partial charge < -0.3 is 10.6 Å². The lowest BCUT2D eigenvalue weighted by Gasteiger charge is -2.29. The molecule has 114 valence electrons. The quantitative estimate of drug-likeness (QED) is 0.859. The van der Waals surface area contributed by atoms with Crippen molar-refractivity contribution in [1.82, 2.24) is 4.90 Å². The molecule has 3 rings (SSSR count). The van der Waals surface area contributed by atoms with Crippen LogP contribution in [0.5, 0.6) is 0 Å². The van der Waals surface area contributed by atoms with Gasteiger partial charge in [-0.25, -0.2) is 0 Å². The molecule has 2 aliphatic rings. The van der Waals surface area contributed by atoms with E-state index in [1.807, 2.05) is 36.2 Å². The van der Waals surface area contributed by atoms with Crippen LogP contribution in [0, 0.1) is 17.8 Å². The van der Waals surface area contributed by atoms with Crippen LogP contribution in [-0.4, -0.2) is 17.9 Å². The molecule has 0 aliphatic heterocycles. The minimum Gasteiger partial charge on any atom is -0.399 e. The Labute approximate surface area is 127 Å². The molecule has 0 radical (unpaired) electrons. The van der Waals surface area contributed by atoms with Gasteiger partial charge in [-0.1, -0.05) is 18.6 Å². The van der Waals surface area contributed by atoms with E-state index in [-0.39, 0.29) is 11.9 Å². The summed E-state index contributed by atoms with van der Waals surface area (Å²) in [4.78, 5) is 14.5. The van der Waals surface area contributed by atoms with E-state index in [0.29, 0.717) is 5.92 Å². The summed E-state index contributed by atoms with van der Waals surface area (Å²) in [5, 5.41) is 0. The van der Waals surface area contributed by atoms with Crippen molar-refractivity contribution in [2.45, 2.75) is 45.1 Å². The van der Waals surface area contributed by atoms with Gasteiger partial charge in [-0.05, 0) is 61.6 Å². The second kappa shape index (κ2) is 5.70. The topological polar surface area (TPSA) is 46.3 Å². The molecule has 2 fully saturated rings. The lowest BCUT2D eigenvalue weighted by Crippen LogP contribution is -2.32. The summed E-state index contributed by atoms with van der Waals surface area (Å²) in [7, 11) is 1.92. The minimum absolute atomic E-state index is 0.0830. The Morgan fingerprint density at radius 1 is 1.38 bits per heavy atom. The number of carbonyl (C=O) groups is 1. The van der Waals surface area contributed by atoms with Gasteiger partial charge >= 0.3 is 0 Å². The first-order chi connectivity index (χ1) is 10.0. The Kier molecular flexibility index (Phi) is 3.92. The second-order valence-corrected chi connectivity index (χ2v) is 6.99. The molecule has 0 saturated heterocycles. The van der Waals surface area contributed by atoms with Crippen molar-refractivity contribution < 1.29 is 4.79 Å². The van der Waals surface area contributed by atoms with Crippen LogP contribution in [0.1, 0.15) is 50.6 Å². The second-order valence-electron chi connectivity index (χ2n) is 6.99. The molecule has 2 saturated carbocycles. The first kappa shape index (κ1) is 14.4. The molecule has 1 amide bonds. The Bertz CT molecular complexity index is 528. The zero-order valence-corrected chi connectivity index (χ0v) is 13.1. The molecule has 4 atom stereocenters. The van der Waals surface area contributed by atoms with Crippen molar-refractivity contribution in [2.75, 3.05) is 12.8 Å². The Morgan fingerprint density at radius 2 is 2.19 bits per heavy atom. The van der Waals surface area contributed by atoms with Crippen LogP contribution in [-0.2, 0) is 4.79 Å². The number of nitrogens with zero attached hydrogens (tertiary/aromatic N) is 1. The number of fused-ring (bicyclic) bond motifs is 2. The zero-order valence-electron chi connectivity index (χ0n) is 13.1. The Morgan fingerprint density at radius 3 is 2.81 bits per heavy atom. The first-order valence-electron chi connectivity index (χ1n) is 8.15. The van der Waals surface area contributed by atoms with Crippen LogP contribution in [0.15, 0.2) is 24.3 Å². The third-order valence-corrected chi connectivity index (χ3v) is 5.69. The number of rotatable bonds is 4. The molecule has 3 nitrogen and oxygen atoms in total. The highest BCUT2D eigenvalue weighted by molar-refractivity contribution is 5.76. The predicted molar refractivity (Wildman–Crippen MR) is 85.6 cm³/mol. The lowest BCUT2D eigenvalue weighted by molar-refractivity contribution is -0.133. The van der Waals surface area contributed by atoms with Crippen molar-refractivity contribution in [3.63, 3.8) is 0 Å². The standard InChI is InChI=1S/C18H26N2O/c1-12(14-4-3-5-17(19)10-14)20(2)18(21)11-16-9-13-6-7-15(16)8-13/h3-5,10,12-13,15-16H,6-9,11,19H2,1-2H3. The van der Waals surface area contributed by atoms with E-state index in [1.165, 1.54) is 25.7 Å². The summed E-state index contributed by atoms with van der Waals surface area (Å²) in [6.07, 6.45) is 6.11. The van der Waals surface area contributed by atoms with Gasteiger partial charge in [-0.2, -0.15) is 0 Å². The maximum atomic E-state index is 12.6. The molecule has 21 heavy (non-hydrogen) atoms. The van der Waals surface area contributed by atoms with E-state index in [0.717, 1.165) is 29.5 Å². The van der Waals surface area contributed by atoms with Crippen molar-refractivity contribution in [1.29, 1.82) is 0 Å². The molecule has 4 unspecified atom stereocenters. The molecule has 2 bridgehead atoms. The first-order valence-corrected chi connectivity index (χ1v) is 8.15. The molecular formula is C18H26N2O. The van der Waals surface area contributed by atoms with Gasteiger partial charge in [0.15, 0.2) is 0 Å². The van der Waals surface area contributed by atoms with Crippen LogP contribution >= 0.6 is 0 Å². The van der Waals surface area contributed by atoms with Gasteiger partial charge in [-0.15, -0.1) is 0 Å². The molecule has 1 aromatic carbocycles. The molecule has 0 aromatic heterocycles. The van der Waals surface area contributed by atoms with E-state index in [1.54, 1.807) is 0 Å². The highest BCUT2D eigenvalue weighted by Gasteiger charge is 2.40. The molecular weight excluding hydrogens is 260 g/mol. The lowest BCUT2D eigenvalue weighted by atomic mass is 9.86. The number of nitrogens with two attached hydrogens (primary N) is 1. The Hall–Kier alpha value is -1.51. The van der Waals surface area contributed by atoms with E-state index >= 15 is 0 Å². The third-order valence-electron chi connectivity index (χ3n) is 5.69. The Balaban J connectivity index is 1.61. The minimum atomic E-state index is 0.0830. The largest absolute Gasteiger partial charge is 0.399 e. The van der Waals surface area contributed by atoms with Crippen molar-refractivity contribution in [3.8, 4) is 0 Å². The molecule has 2 N–H and O–H groups in total. The van der Waals surface area contributed by atoms with Crippen LogP contribution in [0.4, 0.5) is 5.69 Å². The summed E-state index contributed by atoms with van der Waals surface area (Å²) in [6, 6.07) is 7.93. The van der Waals surface area contributed by atoms with Gasteiger partial charge in [-0.3, -0.25) is 4.79 Å². The summed E-state index contributed by atoms with van der Waals surface area (Å²) >= 11 is 0. The number of amides is 1. The van der Waals surface area contributed by atoms with Gasteiger partial charge in [0.05, 0.1) is 6.04 Å². The fraction of sp³-hybridized carbons (Fsp3) is 0.611. The summed E-state index contributed by atoms with van der Waals surface area (Å²) in [5.41, 5.74) is 7.71. The SMILES string of the molecule is CC(c1cccc(N)c1)N(C)C(=O)CC1CC2CCC1C2. The van der Waals surface area contributed by atoms with Crippen LogP contribution in [0.25, 0.3) is 0 Å². The molecule has 0 spiro atoms. The van der Waals surface area contributed by atoms with Gasteiger partial charge in [0, 0.05) is 19.2 Å². The number of benzene rings is 1. The number of nitrogen functional groups attached to an aromatic ring is 1. The maximum Gasteiger partial charge on any atom is 0.223 e. The molecule has 0 heterocycles. The molecule has 3 heteroatoms. The molecule has 2 aliphatic carbocycles. The smallest absolute Gasteiger partial charge is 0.223 e. The van der Waals surface area contributed by atoms with Crippen LogP contribution in [0.2, 0.25) is 0 Å². The number of hydrogen-bond donors (Lipinski definition) is 1. The van der Waals surface area contributed by atoms with E-state index in [4.69, 9.17) is 5.73 Å². The van der Waals surface area contributed by atoms with Gasteiger partial charge in [0.1, 0.15) is 0 Å². The van der Waals surface area contributed by atoms with Crippen LogP contribution in [0.3, 0.4) is 0 Å². The van der Waals surface area contributed by atoms with E-state index < -0.39 is 0 Å². The highest BCUT2D eigenvalue weighted by atomic mass is 16.2. The van der Waals surface area contributed by atoms with Crippen molar-refractivity contribution in [3.05, 3.63) is 29.8 Å². The monoisotopic (exact) mass is 286 g/mol. The fourth-order valence-electron chi connectivity index (χ4n) is 4.25. The zero-order chi connectivity index (χ0) is 15.0. The average molecular weight is 286 g/mol. The number of anilines is 1. The predicted octanol–water partition coefficient (Wildman–Crippen LogP) is 3.61. The normalized spacial score (nSPS) is 28.6. The van der Waals surface area contributed by atoms with Crippen LogP contribution < -0.4 is 5.73 Å². The fourth-order valence-corrected chi connectivity index (χ4v) is 4.25. The maximum absolute atomic E-state index is 12.6. The van der Waals surface area contributed by atoms with E-state index in [9.17, 15) is 4.79 Å². The third kappa shape index (κ3) is 2.92. The molecule has 1 aromatic rings. The number of carbonyl (C=O) groups excluding carboxylic acids is 1. The van der Waals surface area contributed by atoms with Crippen molar-refractivity contribution in [2.24, 2.45) is 17.8 Å².